The molecule has 0 atom stereocenters. The number of carbonyl (C=O) groups excluding carboxylic acids is 1. The molecule has 0 aromatic carbocycles. The molecule has 6 heteroatoms. The fourth-order valence-electron chi connectivity index (χ4n) is 1.72. The van der Waals surface area contributed by atoms with Gasteiger partial charge in [-0.3, -0.25) is 4.79 Å². The number of amides is 1. The van der Waals surface area contributed by atoms with E-state index < -0.39 is 0 Å². The lowest BCUT2D eigenvalue weighted by atomic mass is 10.3. The van der Waals surface area contributed by atoms with E-state index in [1.807, 2.05) is 0 Å². The van der Waals surface area contributed by atoms with Crippen molar-refractivity contribution in [1.82, 2.24) is 15.5 Å². The van der Waals surface area contributed by atoms with Crippen LogP contribution in [0, 0.1) is 0 Å². The maximum absolute atomic E-state index is 11.4. The van der Waals surface area contributed by atoms with Gasteiger partial charge in [-0.15, -0.1) is 24.8 Å². The molecule has 16 heavy (non-hydrogen) atoms. The molecular formula is C10H21Cl2N3O. The Morgan fingerprint density at radius 1 is 1.25 bits per heavy atom. The van der Waals surface area contributed by atoms with Gasteiger partial charge in [0.2, 0.25) is 5.91 Å². The van der Waals surface area contributed by atoms with Crippen molar-refractivity contribution in [1.29, 1.82) is 0 Å². The van der Waals surface area contributed by atoms with Crippen molar-refractivity contribution in [2.24, 2.45) is 0 Å². The van der Waals surface area contributed by atoms with Crippen LogP contribution in [0.3, 0.4) is 0 Å². The average Bonchev–Trinajstić information content (AvgIpc) is 3.00. The van der Waals surface area contributed by atoms with Crippen LogP contribution in [0.15, 0.2) is 0 Å². The number of rotatable bonds is 4. The summed E-state index contributed by atoms with van der Waals surface area (Å²) in [5, 5.41) is 6.31. The van der Waals surface area contributed by atoms with E-state index in [0.717, 1.165) is 32.7 Å². The van der Waals surface area contributed by atoms with Crippen LogP contribution in [0.1, 0.15) is 19.3 Å². The maximum atomic E-state index is 11.4. The highest BCUT2D eigenvalue weighted by Gasteiger charge is 2.23. The topological polar surface area (TPSA) is 44.4 Å². The number of hydrogen-bond donors (Lipinski definition) is 2. The lowest BCUT2D eigenvalue weighted by Crippen LogP contribution is -2.44. The first-order valence-corrected chi connectivity index (χ1v) is 5.57. The van der Waals surface area contributed by atoms with Crippen molar-refractivity contribution in [3.63, 3.8) is 0 Å². The summed E-state index contributed by atoms with van der Waals surface area (Å²) in [6.45, 7) is 5.20. The Morgan fingerprint density at radius 3 is 2.44 bits per heavy atom. The van der Waals surface area contributed by atoms with Crippen molar-refractivity contribution in [2.75, 3.05) is 32.7 Å². The lowest BCUT2D eigenvalue weighted by molar-refractivity contribution is -0.121. The quantitative estimate of drug-likeness (QED) is 0.777. The van der Waals surface area contributed by atoms with E-state index in [1.165, 1.54) is 12.8 Å². The molecule has 96 valence electrons. The molecule has 0 bridgehead atoms. The number of nitrogens with one attached hydrogen (secondary N) is 2. The SMILES string of the molecule is Cl.Cl.O=C(CCN1CCNCC1)NC1CC1. The van der Waals surface area contributed by atoms with Gasteiger partial charge in [-0.25, -0.2) is 0 Å². The molecule has 0 unspecified atom stereocenters. The molecule has 0 aromatic rings. The summed E-state index contributed by atoms with van der Waals surface area (Å²) in [5.41, 5.74) is 0. The van der Waals surface area contributed by atoms with Gasteiger partial charge >= 0.3 is 0 Å². The van der Waals surface area contributed by atoms with Crippen molar-refractivity contribution in [2.45, 2.75) is 25.3 Å². The largest absolute Gasteiger partial charge is 0.353 e. The van der Waals surface area contributed by atoms with Gasteiger partial charge in [-0.05, 0) is 12.8 Å². The van der Waals surface area contributed by atoms with E-state index in [2.05, 4.69) is 15.5 Å². The number of piperazine rings is 1. The number of halogens is 2. The summed E-state index contributed by atoms with van der Waals surface area (Å²) >= 11 is 0. The third-order valence-electron chi connectivity index (χ3n) is 2.81. The predicted octanol–water partition coefficient (Wildman–Crippen LogP) is 0.404. The molecule has 1 saturated heterocycles. The minimum Gasteiger partial charge on any atom is -0.353 e. The first-order chi connectivity index (χ1) is 6.84. The monoisotopic (exact) mass is 269 g/mol. The summed E-state index contributed by atoms with van der Waals surface area (Å²) in [6.07, 6.45) is 3.02. The van der Waals surface area contributed by atoms with Crippen LogP contribution >= 0.6 is 24.8 Å². The zero-order valence-corrected chi connectivity index (χ0v) is 11.0. The third-order valence-corrected chi connectivity index (χ3v) is 2.81. The minimum absolute atomic E-state index is 0. The Kier molecular flexibility index (Phi) is 8.10. The Morgan fingerprint density at radius 2 is 1.88 bits per heavy atom. The molecule has 1 heterocycles. The van der Waals surface area contributed by atoms with Crippen molar-refractivity contribution in [3.8, 4) is 0 Å². The van der Waals surface area contributed by atoms with Crippen LogP contribution in [-0.4, -0.2) is 49.6 Å². The summed E-state index contributed by atoms with van der Waals surface area (Å²) in [6, 6.07) is 0.505. The first kappa shape index (κ1) is 16.0. The molecule has 1 saturated carbocycles. The molecule has 0 radical (unpaired) electrons. The van der Waals surface area contributed by atoms with Crippen molar-refractivity contribution in [3.05, 3.63) is 0 Å². The van der Waals surface area contributed by atoms with Gasteiger partial charge in [0.1, 0.15) is 0 Å². The highest BCUT2D eigenvalue weighted by molar-refractivity contribution is 5.85. The van der Waals surface area contributed by atoms with Crippen molar-refractivity contribution >= 4 is 30.7 Å². The van der Waals surface area contributed by atoms with Gasteiger partial charge in [0.05, 0.1) is 0 Å². The average molecular weight is 270 g/mol. The summed E-state index contributed by atoms with van der Waals surface area (Å²) in [7, 11) is 0. The molecule has 2 rings (SSSR count). The molecule has 1 aliphatic heterocycles. The summed E-state index contributed by atoms with van der Waals surface area (Å²) in [4.78, 5) is 13.7. The minimum atomic E-state index is 0. The van der Waals surface area contributed by atoms with E-state index in [0.29, 0.717) is 12.5 Å². The Labute approximate surface area is 109 Å². The Bertz CT molecular complexity index is 206. The molecule has 0 aromatic heterocycles. The molecular weight excluding hydrogens is 249 g/mol. The van der Waals surface area contributed by atoms with Gasteiger partial charge in [-0.1, -0.05) is 0 Å². The van der Waals surface area contributed by atoms with Crippen LogP contribution in [0.25, 0.3) is 0 Å². The first-order valence-electron chi connectivity index (χ1n) is 5.57. The van der Waals surface area contributed by atoms with E-state index in [-0.39, 0.29) is 30.7 Å². The van der Waals surface area contributed by atoms with Gasteiger partial charge < -0.3 is 15.5 Å². The maximum Gasteiger partial charge on any atom is 0.221 e. The van der Waals surface area contributed by atoms with Gasteiger partial charge in [0.25, 0.3) is 0 Å². The number of nitrogens with zero attached hydrogens (tertiary/aromatic N) is 1. The van der Waals surface area contributed by atoms with Crippen LogP contribution < -0.4 is 10.6 Å². The zero-order chi connectivity index (χ0) is 9.80. The molecule has 1 amide bonds. The van der Waals surface area contributed by atoms with Gasteiger partial charge in [-0.2, -0.15) is 0 Å². The second kappa shape index (κ2) is 8.12. The normalized spacial score (nSPS) is 20.5. The van der Waals surface area contributed by atoms with Crippen LogP contribution in [0.4, 0.5) is 0 Å². The van der Waals surface area contributed by atoms with E-state index >= 15 is 0 Å². The standard InChI is InChI=1S/C10H19N3O.2ClH/c14-10(12-9-1-2-9)3-6-13-7-4-11-5-8-13;;/h9,11H,1-8H2,(H,12,14);2*1H. The summed E-state index contributed by atoms with van der Waals surface area (Å²) < 4.78 is 0. The second-order valence-electron chi connectivity index (χ2n) is 4.18. The predicted molar refractivity (Wildman–Crippen MR) is 69.6 cm³/mol. The summed E-state index contributed by atoms with van der Waals surface area (Å²) in [5.74, 6) is 0.228. The van der Waals surface area contributed by atoms with Crippen LogP contribution in [0.2, 0.25) is 0 Å². The molecule has 2 fully saturated rings. The third kappa shape index (κ3) is 5.89. The highest BCUT2D eigenvalue weighted by Crippen LogP contribution is 2.18. The number of hydrogen-bond acceptors (Lipinski definition) is 3. The Balaban J connectivity index is 0.00000112. The lowest BCUT2D eigenvalue weighted by Gasteiger charge is -2.26. The van der Waals surface area contributed by atoms with E-state index in [4.69, 9.17) is 0 Å². The Hall–Kier alpha value is -0.0300. The van der Waals surface area contributed by atoms with E-state index in [9.17, 15) is 4.79 Å². The molecule has 2 N–H and O–H groups in total. The zero-order valence-electron chi connectivity index (χ0n) is 9.41. The molecule has 2 aliphatic rings. The molecule has 4 nitrogen and oxygen atoms in total. The van der Waals surface area contributed by atoms with Crippen LogP contribution in [0.5, 0.6) is 0 Å². The highest BCUT2D eigenvalue weighted by atomic mass is 35.5. The molecule has 1 aliphatic carbocycles. The fraction of sp³-hybridized carbons (Fsp3) is 0.900. The van der Waals surface area contributed by atoms with E-state index in [1.54, 1.807) is 0 Å². The van der Waals surface area contributed by atoms with Gasteiger partial charge in [0.15, 0.2) is 0 Å². The number of carbonyl (C=O) groups is 1. The smallest absolute Gasteiger partial charge is 0.221 e. The van der Waals surface area contributed by atoms with Gasteiger partial charge in [0, 0.05) is 45.2 Å². The fourth-order valence-corrected chi connectivity index (χ4v) is 1.72. The molecule has 0 spiro atoms. The van der Waals surface area contributed by atoms with Crippen molar-refractivity contribution < 1.29 is 4.79 Å². The second-order valence-corrected chi connectivity index (χ2v) is 4.18. The van der Waals surface area contributed by atoms with Crippen LogP contribution in [-0.2, 0) is 4.79 Å².